The molecule has 4 rings (SSSR count). The summed E-state index contributed by atoms with van der Waals surface area (Å²) in [6, 6.07) is 14.8. The first kappa shape index (κ1) is 25.8. The second kappa shape index (κ2) is 11.6. The van der Waals surface area contributed by atoms with Gasteiger partial charge in [-0.05, 0) is 53.9 Å². The van der Waals surface area contributed by atoms with Gasteiger partial charge in [0, 0.05) is 24.5 Å². The first-order chi connectivity index (χ1) is 18.0. The number of benzene rings is 2. The number of likely N-dealkylation sites (tertiary alicyclic amines) is 1. The largest absolute Gasteiger partial charge is 0.507 e. The maximum atomic E-state index is 13.4. The molecule has 1 saturated heterocycles. The molecule has 1 atom stereocenters. The van der Waals surface area contributed by atoms with E-state index in [1.165, 1.54) is 19.1 Å². The lowest BCUT2D eigenvalue weighted by Crippen LogP contribution is -2.29. The Morgan fingerprint density at radius 3 is 2.46 bits per heavy atom. The normalized spacial score (nSPS) is 16.6. The highest BCUT2D eigenvalue weighted by Gasteiger charge is 2.46. The molecule has 2 aromatic carbocycles. The summed E-state index contributed by atoms with van der Waals surface area (Å²) in [6.45, 7) is 2.77. The van der Waals surface area contributed by atoms with Gasteiger partial charge in [0.2, 0.25) is 0 Å². The number of unbranched alkanes of at least 4 members (excludes halogenated alkanes) is 1. The number of Topliss-reactive ketones (excluding diaryl/α,β-unsaturated/α-hetero) is 1. The quantitative estimate of drug-likeness (QED) is 0.182. The lowest BCUT2D eigenvalue weighted by atomic mass is 9.94. The van der Waals surface area contributed by atoms with Crippen molar-refractivity contribution in [2.24, 2.45) is 0 Å². The monoisotopic (exact) mass is 502 g/mol. The van der Waals surface area contributed by atoms with Crippen molar-refractivity contribution in [2.75, 3.05) is 20.8 Å². The first-order valence-electron chi connectivity index (χ1n) is 12.1. The van der Waals surface area contributed by atoms with Gasteiger partial charge in [0.05, 0.1) is 32.4 Å². The van der Waals surface area contributed by atoms with E-state index in [4.69, 9.17) is 14.2 Å². The second-order valence-electron chi connectivity index (χ2n) is 8.63. The Morgan fingerprint density at radius 2 is 1.76 bits per heavy atom. The van der Waals surface area contributed by atoms with Gasteiger partial charge in [-0.2, -0.15) is 0 Å². The number of carbonyl (C=O) groups is 2. The van der Waals surface area contributed by atoms with Crippen LogP contribution in [-0.2, 0) is 16.1 Å². The van der Waals surface area contributed by atoms with E-state index >= 15 is 0 Å². The van der Waals surface area contributed by atoms with Crippen LogP contribution in [0.5, 0.6) is 17.2 Å². The zero-order valence-electron chi connectivity index (χ0n) is 21.1. The highest BCUT2D eigenvalue weighted by Crippen LogP contribution is 2.42. The summed E-state index contributed by atoms with van der Waals surface area (Å²) < 4.78 is 16.6. The van der Waals surface area contributed by atoms with Gasteiger partial charge in [0.25, 0.3) is 11.7 Å². The summed E-state index contributed by atoms with van der Waals surface area (Å²) in [7, 11) is 3.04. The smallest absolute Gasteiger partial charge is 0.295 e. The molecule has 1 aliphatic heterocycles. The van der Waals surface area contributed by atoms with Crippen molar-refractivity contribution in [1.82, 2.24) is 9.88 Å². The van der Waals surface area contributed by atoms with Crippen molar-refractivity contribution in [3.05, 3.63) is 89.3 Å². The molecule has 1 unspecified atom stereocenters. The predicted molar refractivity (Wildman–Crippen MR) is 138 cm³/mol. The zero-order chi connectivity index (χ0) is 26.4. The fraction of sp³-hybridized carbons (Fsp3) is 0.276. The number of aromatic nitrogens is 1. The molecule has 37 heavy (non-hydrogen) atoms. The van der Waals surface area contributed by atoms with E-state index in [-0.39, 0.29) is 17.9 Å². The van der Waals surface area contributed by atoms with Crippen LogP contribution in [0.25, 0.3) is 5.76 Å². The Kier molecular flexibility index (Phi) is 8.08. The molecule has 0 saturated carbocycles. The molecular formula is C29H30N2O6. The van der Waals surface area contributed by atoms with E-state index in [9.17, 15) is 14.7 Å². The number of nitrogens with zero attached hydrogens (tertiary/aromatic N) is 2. The number of rotatable bonds is 10. The SMILES string of the molecule is CCCCOc1cccc(/C(O)=C2\C(=O)C(=O)N(Cc3ccncc3)C2c2ccc(OC)c(OC)c2)c1. The third-order valence-electron chi connectivity index (χ3n) is 6.24. The molecule has 0 spiro atoms. The van der Waals surface area contributed by atoms with Crippen LogP contribution in [0.4, 0.5) is 0 Å². The number of aliphatic hydroxyl groups is 1. The van der Waals surface area contributed by atoms with E-state index in [1.54, 1.807) is 67.0 Å². The number of ether oxygens (including phenoxy) is 3. The van der Waals surface area contributed by atoms with Crippen molar-refractivity contribution >= 4 is 17.4 Å². The van der Waals surface area contributed by atoms with E-state index in [1.807, 2.05) is 0 Å². The molecule has 1 amide bonds. The van der Waals surface area contributed by atoms with Crippen LogP contribution in [0.3, 0.4) is 0 Å². The van der Waals surface area contributed by atoms with Crippen molar-refractivity contribution in [3.63, 3.8) is 0 Å². The number of hydrogen-bond acceptors (Lipinski definition) is 7. The minimum atomic E-state index is -0.849. The van der Waals surface area contributed by atoms with Crippen LogP contribution in [0.1, 0.15) is 42.5 Å². The third kappa shape index (κ3) is 5.43. The molecule has 0 bridgehead atoms. The van der Waals surface area contributed by atoms with Crippen LogP contribution >= 0.6 is 0 Å². The fourth-order valence-electron chi connectivity index (χ4n) is 4.32. The summed E-state index contributed by atoms with van der Waals surface area (Å²) >= 11 is 0. The average Bonchev–Trinajstić information content (AvgIpc) is 3.18. The van der Waals surface area contributed by atoms with Crippen LogP contribution in [0.15, 0.2) is 72.6 Å². The molecule has 3 aromatic rings. The minimum absolute atomic E-state index is 0.00279. The Labute approximate surface area is 216 Å². The Hall–Kier alpha value is -4.33. The molecule has 2 heterocycles. The van der Waals surface area contributed by atoms with E-state index in [0.29, 0.717) is 35.0 Å². The summed E-state index contributed by atoms with van der Waals surface area (Å²) in [5.74, 6) is -0.199. The number of ketones is 1. The lowest BCUT2D eigenvalue weighted by molar-refractivity contribution is -0.140. The minimum Gasteiger partial charge on any atom is -0.507 e. The molecule has 192 valence electrons. The molecule has 8 nitrogen and oxygen atoms in total. The maximum Gasteiger partial charge on any atom is 0.295 e. The molecule has 1 fully saturated rings. The van der Waals surface area contributed by atoms with Crippen LogP contribution in [0, 0.1) is 0 Å². The topological polar surface area (TPSA) is 98.2 Å². The van der Waals surface area contributed by atoms with Crippen molar-refractivity contribution in [3.8, 4) is 17.2 Å². The highest BCUT2D eigenvalue weighted by molar-refractivity contribution is 6.46. The summed E-state index contributed by atoms with van der Waals surface area (Å²) in [5.41, 5.74) is 1.79. The number of methoxy groups -OCH3 is 2. The summed E-state index contributed by atoms with van der Waals surface area (Å²) in [6.07, 6.45) is 5.14. The molecule has 0 aliphatic carbocycles. The number of pyridine rings is 1. The van der Waals surface area contributed by atoms with Gasteiger partial charge in [0.15, 0.2) is 11.5 Å². The van der Waals surface area contributed by atoms with Crippen LogP contribution < -0.4 is 14.2 Å². The number of aliphatic hydroxyl groups excluding tert-OH is 1. The molecule has 1 aliphatic rings. The third-order valence-corrected chi connectivity index (χ3v) is 6.24. The molecule has 8 heteroatoms. The average molecular weight is 503 g/mol. The van der Waals surface area contributed by atoms with Gasteiger partial charge in [-0.1, -0.05) is 31.5 Å². The Balaban J connectivity index is 1.83. The highest BCUT2D eigenvalue weighted by atomic mass is 16.5. The Morgan fingerprint density at radius 1 is 1.00 bits per heavy atom. The predicted octanol–water partition coefficient (Wildman–Crippen LogP) is 4.90. The summed E-state index contributed by atoms with van der Waals surface area (Å²) in [5, 5.41) is 11.4. The molecule has 1 N–H and O–H groups in total. The van der Waals surface area contributed by atoms with Gasteiger partial charge in [-0.3, -0.25) is 14.6 Å². The Bertz CT molecular complexity index is 1300. The van der Waals surface area contributed by atoms with Crippen LogP contribution in [-0.4, -0.2) is 47.5 Å². The molecular weight excluding hydrogens is 472 g/mol. The zero-order valence-corrected chi connectivity index (χ0v) is 21.1. The van der Waals surface area contributed by atoms with E-state index in [2.05, 4.69) is 11.9 Å². The van der Waals surface area contributed by atoms with Gasteiger partial charge in [-0.25, -0.2) is 0 Å². The lowest BCUT2D eigenvalue weighted by Gasteiger charge is -2.26. The van der Waals surface area contributed by atoms with Gasteiger partial charge in [-0.15, -0.1) is 0 Å². The number of amides is 1. The standard InChI is InChI=1S/C29H30N2O6/c1-4-5-15-37-22-8-6-7-21(16-22)27(32)25-26(20-9-10-23(35-2)24(17-20)36-3)31(29(34)28(25)33)18-19-11-13-30-14-12-19/h6-14,16-17,26,32H,4-5,15,18H2,1-3H3/b27-25+. The van der Waals surface area contributed by atoms with Crippen molar-refractivity contribution < 1.29 is 28.9 Å². The van der Waals surface area contributed by atoms with Crippen molar-refractivity contribution in [1.29, 1.82) is 0 Å². The maximum absolute atomic E-state index is 13.4. The van der Waals surface area contributed by atoms with Gasteiger partial charge >= 0.3 is 0 Å². The second-order valence-corrected chi connectivity index (χ2v) is 8.63. The van der Waals surface area contributed by atoms with Crippen LogP contribution in [0.2, 0.25) is 0 Å². The number of carbonyl (C=O) groups excluding carboxylic acids is 2. The van der Waals surface area contributed by atoms with E-state index in [0.717, 1.165) is 18.4 Å². The molecule has 1 aromatic heterocycles. The van der Waals surface area contributed by atoms with Crippen molar-refractivity contribution in [2.45, 2.75) is 32.4 Å². The van der Waals surface area contributed by atoms with E-state index < -0.39 is 17.7 Å². The first-order valence-corrected chi connectivity index (χ1v) is 12.1. The van der Waals surface area contributed by atoms with Gasteiger partial charge < -0.3 is 24.2 Å². The summed E-state index contributed by atoms with van der Waals surface area (Å²) in [4.78, 5) is 32.1. The fourth-order valence-corrected chi connectivity index (χ4v) is 4.32. The number of hydrogen-bond donors (Lipinski definition) is 1. The molecule has 0 radical (unpaired) electrons. The van der Waals surface area contributed by atoms with Gasteiger partial charge in [0.1, 0.15) is 11.5 Å².